The average Bonchev–Trinajstić information content (AvgIpc) is 2.00. The van der Waals surface area contributed by atoms with E-state index in [1.54, 1.807) is 0 Å². The van der Waals surface area contributed by atoms with E-state index in [4.69, 9.17) is 12.2 Å². The van der Waals surface area contributed by atoms with Gasteiger partial charge in [-0.2, -0.15) is 0 Å². The molecule has 0 saturated carbocycles. The Balaban J connectivity index is 3.44. The summed E-state index contributed by atoms with van der Waals surface area (Å²) in [7, 11) is 0. The second kappa shape index (κ2) is 6.79. The van der Waals surface area contributed by atoms with Gasteiger partial charge in [0.25, 0.3) is 0 Å². The van der Waals surface area contributed by atoms with Crippen LogP contribution in [0.3, 0.4) is 0 Å². The summed E-state index contributed by atoms with van der Waals surface area (Å²) < 4.78 is 0. The van der Waals surface area contributed by atoms with Crippen LogP contribution in [-0.4, -0.2) is 0 Å². The van der Waals surface area contributed by atoms with Crippen molar-refractivity contribution in [1.82, 2.24) is 0 Å². The number of hydrogen-bond acceptors (Lipinski definition) is 1. The van der Waals surface area contributed by atoms with Gasteiger partial charge in [-0.3, -0.25) is 0 Å². The van der Waals surface area contributed by atoms with Gasteiger partial charge in [-0.15, -0.1) is 12.3 Å². The zero-order valence-corrected chi connectivity index (χ0v) is 8.14. The lowest BCUT2D eigenvalue weighted by Gasteiger charge is -2.03. The number of hydrogen-bond donors (Lipinski definition) is 1. The van der Waals surface area contributed by atoms with Crippen LogP contribution in [0, 0.1) is 18.3 Å². The first kappa shape index (κ1) is 11.1. The molecule has 0 rings (SSSR count). The van der Waals surface area contributed by atoms with Gasteiger partial charge in [0.15, 0.2) is 0 Å². The van der Waals surface area contributed by atoms with Gasteiger partial charge in [0, 0.05) is 12.1 Å². The van der Waals surface area contributed by atoms with Gasteiger partial charge in [0.05, 0.1) is 0 Å². The summed E-state index contributed by atoms with van der Waals surface area (Å²) in [5.74, 6) is 3.31. The monoisotopic (exact) mass is 165 g/mol. The molecule has 0 aromatic rings. The molecule has 12 heavy (non-hydrogen) atoms. The number of rotatable bonds is 5. The second-order valence-corrected chi connectivity index (χ2v) is 3.47. The predicted molar refractivity (Wildman–Crippen MR) is 54.4 cm³/mol. The molecular weight excluding hydrogens is 146 g/mol. The van der Waals surface area contributed by atoms with Crippen molar-refractivity contribution < 1.29 is 0 Å². The zero-order valence-electron chi connectivity index (χ0n) is 8.14. The minimum Gasteiger partial charge on any atom is -0.402 e. The quantitative estimate of drug-likeness (QED) is 0.623. The fourth-order valence-electron chi connectivity index (χ4n) is 1.01. The molecule has 0 aliphatic carbocycles. The molecule has 0 unspecified atom stereocenters. The van der Waals surface area contributed by atoms with Gasteiger partial charge in [-0.25, -0.2) is 0 Å². The van der Waals surface area contributed by atoms with Crippen LogP contribution < -0.4 is 5.73 Å². The molecule has 0 bridgehead atoms. The van der Waals surface area contributed by atoms with Gasteiger partial charge in [0.2, 0.25) is 0 Å². The topological polar surface area (TPSA) is 26.0 Å². The third kappa shape index (κ3) is 7.21. The van der Waals surface area contributed by atoms with Crippen LogP contribution in [0.5, 0.6) is 0 Å². The van der Waals surface area contributed by atoms with E-state index in [0.29, 0.717) is 6.42 Å². The number of allylic oxidation sites excluding steroid dienone is 2. The first-order valence-electron chi connectivity index (χ1n) is 4.54. The number of nitrogens with two attached hydrogens (primary N) is 1. The Labute approximate surface area is 76.0 Å². The molecule has 1 nitrogen and oxygen atoms in total. The fraction of sp³-hybridized carbons (Fsp3) is 0.636. The lowest BCUT2D eigenvalue weighted by Crippen LogP contribution is -1.98. The van der Waals surface area contributed by atoms with Crippen LogP contribution >= 0.6 is 0 Å². The van der Waals surface area contributed by atoms with E-state index in [-0.39, 0.29) is 0 Å². The maximum absolute atomic E-state index is 5.71. The Bertz CT molecular complexity index is 172. The molecule has 1 heteroatoms. The lowest BCUT2D eigenvalue weighted by atomic mass is 10.1. The Morgan fingerprint density at radius 2 is 2.25 bits per heavy atom. The summed E-state index contributed by atoms with van der Waals surface area (Å²) in [6.45, 7) is 4.45. The molecule has 0 radical (unpaired) electrons. The van der Waals surface area contributed by atoms with E-state index in [1.165, 1.54) is 12.8 Å². The largest absolute Gasteiger partial charge is 0.402 e. The van der Waals surface area contributed by atoms with Crippen molar-refractivity contribution in [1.29, 1.82) is 0 Å². The summed E-state index contributed by atoms with van der Waals surface area (Å²) in [5, 5.41) is 0. The van der Waals surface area contributed by atoms with Crippen LogP contribution in [0.4, 0.5) is 0 Å². The van der Waals surface area contributed by atoms with Gasteiger partial charge in [0.1, 0.15) is 0 Å². The van der Waals surface area contributed by atoms with Crippen molar-refractivity contribution >= 4 is 0 Å². The molecule has 0 atom stereocenters. The molecule has 0 fully saturated rings. The number of terminal acetylenes is 1. The highest BCUT2D eigenvalue weighted by atomic mass is 14.6. The minimum absolute atomic E-state index is 0.660. The summed E-state index contributed by atoms with van der Waals surface area (Å²) in [4.78, 5) is 0. The van der Waals surface area contributed by atoms with Gasteiger partial charge in [-0.1, -0.05) is 26.3 Å². The summed E-state index contributed by atoms with van der Waals surface area (Å²) in [5.41, 5.74) is 6.65. The maximum Gasteiger partial charge on any atom is 0.0286 e. The van der Waals surface area contributed by atoms with Crippen LogP contribution in [0.25, 0.3) is 0 Å². The van der Waals surface area contributed by atoms with Crippen molar-refractivity contribution in [2.45, 2.75) is 39.5 Å². The van der Waals surface area contributed by atoms with Gasteiger partial charge in [-0.05, 0) is 18.8 Å². The van der Waals surface area contributed by atoms with Gasteiger partial charge >= 0.3 is 0 Å². The van der Waals surface area contributed by atoms with Crippen molar-refractivity contribution in [3.63, 3.8) is 0 Å². The predicted octanol–water partition coefficient (Wildman–Crippen LogP) is 2.68. The second-order valence-electron chi connectivity index (χ2n) is 3.47. The first-order chi connectivity index (χ1) is 5.66. The molecule has 0 aromatic carbocycles. The molecular formula is C11H19N. The standard InChI is InChI=1S/C11H19N/c1-4-5-8-11(12)9-6-7-10(2)3/h1,8,10H,5-7,9,12H2,2-3H3/b11-8+. The molecule has 0 spiro atoms. The van der Waals surface area contributed by atoms with Crippen molar-refractivity contribution in [3.05, 3.63) is 11.8 Å². The van der Waals surface area contributed by atoms with Crippen molar-refractivity contribution in [2.75, 3.05) is 0 Å². The Morgan fingerprint density at radius 3 is 2.75 bits per heavy atom. The van der Waals surface area contributed by atoms with E-state index >= 15 is 0 Å². The highest BCUT2D eigenvalue weighted by Crippen LogP contribution is 2.09. The third-order valence-corrected chi connectivity index (χ3v) is 1.73. The highest BCUT2D eigenvalue weighted by molar-refractivity contribution is 5.03. The zero-order chi connectivity index (χ0) is 9.40. The van der Waals surface area contributed by atoms with Crippen molar-refractivity contribution in [3.8, 4) is 12.3 Å². The normalized spacial score (nSPS) is 11.7. The molecule has 0 aliphatic heterocycles. The average molecular weight is 165 g/mol. The molecule has 2 N–H and O–H groups in total. The molecule has 0 saturated heterocycles. The fourth-order valence-corrected chi connectivity index (χ4v) is 1.01. The summed E-state index contributed by atoms with van der Waals surface area (Å²) >= 11 is 0. The molecule has 0 aliphatic rings. The smallest absolute Gasteiger partial charge is 0.0286 e. The highest BCUT2D eigenvalue weighted by Gasteiger charge is 1.94. The molecule has 0 aromatic heterocycles. The third-order valence-electron chi connectivity index (χ3n) is 1.73. The van der Waals surface area contributed by atoms with E-state index < -0.39 is 0 Å². The summed E-state index contributed by atoms with van der Waals surface area (Å²) in [6, 6.07) is 0. The minimum atomic E-state index is 0.660. The van der Waals surface area contributed by atoms with E-state index in [9.17, 15) is 0 Å². The van der Waals surface area contributed by atoms with E-state index in [2.05, 4.69) is 19.8 Å². The molecule has 68 valence electrons. The van der Waals surface area contributed by atoms with Crippen LogP contribution in [0.2, 0.25) is 0 Å². The molecule has 0 amide bonds. The van der Waals surface area contributed by atoms with Crippen LogP contribution in [0.1, 0.15) is 39.5 Å². The maximum atomic E-state index is 5.71. The van der Waals surface area contributed by atoms with Crippen LogP contribution in [0.15, 0.2) is 11.8 Å². The SMILES string of the molecule is C#CC/C=C(/N)CCCC(C)C. The van der Waals surface area contributed by atoms with Gasteiger partial charge < -0.3 is 5.73 Å². The molecule has 0 heterocycles. The lowest BCUT2D eigenvalue weighted by molar-refractivity contribution is 0.553. The Hall–Kier alpha value is -0.900. The van der Waals surface area contributed by atoms with Crippen LogP contribution in [-0.2, 0) is 0 Å². The first-order valence-corrected chi connectivity index (χ1v) is 4.54. The Kier molecular flexibility index (Phi) is 6.28. The van der Waals surface area contributed by atoms with E-state index in [1.807, 2.05) is 6.08 Å². The summed E-state index contributed by atoms with van der Waals surface area (Å²) in [6.07, 6.45) is 11.1. The van der Waals surface area contributed by atoms with Crippen molar-refractivity contribution in [2.24, 2.45) is 11.7 Å². The Morgan fingerprint density at radius 1 is 1.58 bits per heavy atom. The van der Waals surface area contributed by atoms with E-state index in [0.717, 1.165) is 18.0 Å².